The third-order valence-corrected chi connectivity index (χ3v) is 4.85. The van der Waals surface area contributed by atoms with Crippen molar-refractivity contribution in [3.63, 3.8) is 0 Å². The Morgan fingerprint density at radius 3 is 2.55 bits per heavy atom. The standard InChI is InChI=1S/C22H17N3O3S/c1-2-12-25(22-24-19(15-29-22)17-6-4-3-5-7-17)20(26)14-28-21(27)18-10-8-16(13-23)9-11-18/h2-11,15H,1,12,14H2. The van der Waals surface area contributed by atoms with Crippen LogP contribution in [0.25, 0.3) is 11.3 Å². The van der Waals surface area contributed by atoms with E-state index < -0.39 is 18.5 Å². The van der Waals surface area contributed by atoms with Crippen LogP contribution in [-0.4, -0.2) is 30.0 Å². The predicted octanol–water partition coefficient (Wildman–Crippen LogP) is 4.06. The molecule has 1 aromatic heterocycles. The van der Waals surface area contributed by atoms with Gasteiger partial charge in [0.15, 0.2) is 11.7 Å². The Morgan fingerprint density at radius 2 is 1.90 bits per heavy atom. The van der Waals surface area contributed by atoms with Crippen LogP contribution in [0.15, 0.2) is 72.6 Å². The third-order valence-electron chi connectivity index (χ3n) is 3.98. The van der Waals surface area contributed by atoms with Gasteiger partial charge in [-0.1, -0.05) is 36.4 Å². The number of amides is 1. The van der Waals surface area contributed by atoms with Crippen LogP contribution in [0.2, 0.25) is 0 Å². The van der Waals surface area contributed by atoms with E-state index in [9.17, 15) is 9.59 Å². The van der Waals surface area contributed by atoms with Gasteiger partial charge >= 0.3 is 5.97 Å². The first kappa shape index (κ1) is 20.0. The van der Waals surface area contributed by atoms with Gasteiger partial charge in [0.25, 0.3) is 5.91 Å². The lowest BCUT2D eigenvalue weighted by atomic mass is 10.1. The first-order valence-electron chi connectivity index (χ1n) is 8.72. The second kappa shape index (κ2) is 9.44. The highest BCUT2D eigenvalue weighted by atomic mass is 32.1. The fraction of sp³-hybridized carbons (Fsp3) is 0.0909. The van der Waals surface area contributed by atoms with Gasteiger partial charge in [0.1, 0.15) is 0 Å². The molecule has 3 aromatic rings. The van der Waals surface area contributed by atoms with Gasteiger partial charge in [0, 0.05) is 17.5 Å². The van der Waals surface area contributed by atoms with Crippen molar-refractivity contribution in [3.8, 4) is 17.3 Å². The molecule has 3 rings (SSSR count). The zero-order chi connectivity index (χ0) is 20.6. The smallest absolute Gasteiger partial charge is 0.338 e. The van der Waals surface area contributed by atoms with E-state index in [0.717, 1.165) is 11.3 Å². The average Bonchev–Trinajstić information content (AvgIpc) is 3.26. The minimum Gasteiger partial charge on any atom is -0.452 e. The van der Waals surface area contributed by atoms with Crippen LogP contribution in [0.4, 0.5) is 5.13 Å². The molecule has 2 aromatic carbocycles. The number of carbonyl (C=O) groups excluding carboxylic acids is 2. The summed E-state index contributed by atoms with van der Waals surface area (Å²) in [7, 11) is 0. The summed E-state index contributed by atoms with van der Waals surface area (Å²) in [6.07, 6.45) is 1.59. The van der Waals surface area contributed by atoms with Gasteiger partial charge in [-0.25, -0.2) is 9.78 Å². The van der Waals surface area contributed by atoms with Gasteiger partial charge in [0.2, 0.25) is 0 Å². The van der Waals surface area contributed by atoms with Gasteiger partial charge in [-0.3, -0.25) is 9.69 Å². The molecule has 0 saturated heterocycles. The molecule has 1 amide bonds. The van der Waals surface area contributed by atoms with Crippen LogP contribution >= 0.6 is 11.3 Å². The lowest BCUT2D eigenvalue weighted by Crippen LogP contribution is -2.34. The quantitative estimate of drug-likeness (QED) is 0.439. The van der Waals surface area contributed by atoms with E-state index >= 15 is 0 Å². The molecule has 0 aliphatic heterocycles. The predicted molar refractivity (Wildman–Crippen MR) is 112 cm³/mol. The molecular weight excluding hydrogens is 386 g/mol. The van der Waals surface area contributed by atoms with Crippen LogP contribution in [0, 0.1) is 11.3 Å². The molecule has 0 saturated carbocycles. The number of nitrogens with zero attached hydrogens (tertiary/aromatic N) is 3. The zero-order valence-electron chi connectivity index (χ0n) is 15.4. The number of hydrogen-bond donors (Lipinski definition) is 0. The summed E-state index contributed by atoms with van der Waals surface area (Å²) in [5, 5.41) is 11.2. The van der Waals surface area contributed by atoms with E-state index in [2.05, 4.69) is 11.6 Å². The lowest BCUT2D eigenvalue weighted by Gasteiger charge is -2.17. The molecule has 0 fully saturated rings. The summed E-state index contributed by atoms with van der Waals surface area (Å²) in [5.74, 6) is -1.04. The fourth-order valence-electron chi connectivity index (χ4n) is 2.51. The first-order chi connectivity index (χ1) is 14.1. The van der Waals surface area contributed by atoms with Gasteiger partial charge < -0.3 is 4.74 Å². The van der Waals surface area contributed by atoms with E-state index in [4.69, 9.17) is 10.00 Å². The Hall–Kier alpha value is -3.76. The van der Waals surface area contributed by atoms with Crippen molar-refractivity contribution in [1.29, 1.82) is 5.26 Å². The van der Waals surface area contributed by atoms with Gasteiger partial charge in [-0.05, 0) is 24.3 Å². The van der Waals surface area contributed by atoms with Crippen molar-refractivity contribution in [1.82, 2.24) is 4.98 Å². The summed E-state index contributed by atoms with van der Waals surface area (Å²) in [4.78, 5) is 30.7. The monoisotopic (exact) mass is 403 g/mol. The van der Waals surface area contributed by atoms with Crippen LogP contribution in [-0.2, 0) is 9.53 Å². The number of ether oxygens (including phenoxy) is 1. The first-order valence-corrected chi connectivity index (χ1v) is 9.60. The van der Waals surface area contributed by atoms with Crippen molar-refractivity contribution in [2.24, 2.45) is 0 Å². The normalized spacial score (nSPS) is 10.0. The molecular formula is C22H17N3O3S. The molecule has 0 bridgehead atoms. The molecule has 0 spiro atoms. The number of rotatable bonds is 7. The Kier molecular flexibility index (Phi) is 6.51. The Morgan fingerprint density at radius 1 is 1.17 bits per heavy atom. The van der Waals surface area contributed by atoms with Gasteiger partial charge in [-0.2, -0.15) is 5.26 Å². The molecule has 29 heavy (non-hydrogen) atoms. The van der Waals surface area contributed by atoms with Crippen LogP contribution in [0.5, 0.6) is 0 Å². The van der Waals surface area contributed by atoms with Crippen LogP contribution < -0.4 is 4.90 Å². The van der Waals surface area contributed by atoms with E-state index in [1.54, 1.807) is 6.08 Å². The number of carbonyl (C=O) groups is 2. The molecule has 0 aliphatic carbocycles. The zero-order valence-corrected chi connectivity index (χ0v) is 16.3. The minimum absolute atomic E-state index is 0.245. The van der Waals surface area contributed by atoms with Crippen molar-refractivity contribution < 1.29 is 14.3 Å². The maximum absolute atomic E-state index is 12.6. The van der Waals surface area contributed by atoms with Crippen molar-refractivity contribution in [3.05, 3.63) is 83.8 Å². The number of esters is 1. The highest BCUT2D eigenvalue weighted by Gasteiger charge is 2.20. The van der Waals surface area contributed by atoms with E-state index in [1.807, 2.05) is 41.8 Å². The molecule has 0 unspecified atom stereocenters. The lowest BCUT2D eigenvalue weighted by molar-refractivity contribution is -0.121. The molecule has 7 heteroatoms. The maximum Gasteiger partial charge on any atom is 0.338 e. The minimum atomic E-state index is -0.634. The van der Waals surface area contributed by atoms with Gasteiger partial charge in [-0.15, -0.1) is 17.9 Å². The number of aromatic nitrogens is 1. The molecule has 0 N–H and O–H groups in total. The maximum atomic E-state index is 12.6. The summed E-state index contributed by atoms with van der Waals surface area (Å²) in [5.41, 5.74) is 2.43. The van der Waals surface area contributed by atoms with E-state index in [1.165, 1.54) is 40.5 Å². The van der Waals surface area contributed by atoms with Gasteiger partial charge in [0.05, 0.1) is 22.9 Å². The number of nitriles is 1. The summed E-state index contributed by atoms with van der Waals surface area (Å²) >= 11 is 1.33. The van der Waals surface area contributed by atoms with Crippen LogP contribution in [0.3, 0.4) is 0 Å². The summed E-state index contributed by atoms with van der Waals surface area (Å²) in [6, 6.07) is 17.6. The second-order valence-electron chi connectivity index (χ2n) is 5.94. The number of benzene rings is 2. The van der Waals surface area contributed by atoms with Crippen molar-refractivity contribution >= 4 is 28.3 Å². The molecule has 6 nitrogen and oxygen atoms in total. The largest absolute Gasteiger partial charge is 0.452 e. The molecule has 1 heterocycles. The molecule has 0 aliphatic rings. The number of thiazole rings is 1. The molecule has 144 valence electrons. The topological polar surface area (TPSA) is 83.3 Å². The number of anilines is 1. The van der Waals surface area contributed by atoms with Crippen molar-refractivity contribution in [2.75, 3.05) is 18.1 Å². The summed E-state index contributed by atoms with van der Waals surface area (Å²) in [6.45, 7) is 3.50. The second-order valence-corrected chi connectivity index (χ2v) is 6.78. The Balaban J connectivity index is 1.68. The summed E-state index contributed by atoms with van der Waals surface area (Å²) < 4.78 is 5.13. The average molecular weight is 403 g/mol. The highest BCUT2D eigenvalue weighted by Crippen LogP contribution is 2.27. The third kappa shape index (κ3) is 4.94. The SMILES string of the molecule is C=CCN(C(=O)COC(=O)c1ccc(C#N)cc1)c1nc(-c2ccccc2)cs1. The fourth-order valence-corrected chi connectivity index (χ4v) is 3.38. The Bertz CT molecular complexity index is 1050. The molecule has 0 radical (unpaired) electrons. The van der Waals surface area contributed by atoms with E-state index in [0.29, 0.717) is 10.7 Å². The van der Waals surface area contributed by atoms with Crippen molar-refractivity contribution in [2.45, 2.75) is 0 Å². The van der Waals surface area contributed by atoms with E-state index in [-0.39, 0.29) is 12.1 Å². The molecule has 0 atom stereocenters. The van der Waals surface area contributed by atoms with Crippen LogP contribution in [0.1, 0.15) is 15.9 Å². The highest BCUT2D eigenvalue weighted by molar-refractivity contribution is 7.14. The Labute approximate surface area is 172 Å². The number of hydrogen-bond acceptors (Lipinski definition) is 6.